The number of hydrogen-bond donors (Lipinski definition) is 0. The maximum absolute atomic E-state index is 12.2. The molecular formula is C20H32O2. The molecule has 3 atom stereocenters. The fraction of sp³-hybridized carbons (Fsp3) is 0.750. The van der Waals surface area contributed by atoms with Gasteiger partial charge in [0.2, 0.25) is 0 Å². The average Bonchev–Trinajstić information content (AvgIpc) is 3.06. The van der Waals surface area contributed by atoms with Crippen molar-refractivity contribution in [3.8, 4) is 0 Å². The normalized spacial score (nSPS) is 39.3. The number of rotatable bonds is 1. The van der Waals surface area contributed by atoms with E-state index in [4.69, 9.17) is 4.74 Å². The van der Waals surface area contributed by atoms with Crippen molar-refractivity contribution >= 4 is 5.78 Å². The number of Topliss-reactive ketones (excluding diaryl/α,β-unsaturated/α-hetero) is 1. The summed E-state index contributed by atoms with van der Waals surface area (Å²) in [7, 11) is 0. The van der Waals surface area contributed by atoms with Gasteiger partial charge in [-0.2, -0.15) is 0 Å². The monoisotopic (exact) mass is 304 g/mol. The van der Waals surface area contributed by atoms with E-state index in [1.807, 2.05) is 0 Å². The Morgan fingerprint density at radius 2 is 2.00 bits per heavy atom. The minimum absolute atomic E-state index is 0.0700. The topological polar surface area (TPSA) is 29.6 Å². The number of carbonyl (C=O) groups excluding carboxylic acids is 1. The lowest BCUT2D eigenvalue weighted by atomic mass is 9.88. The first-order valence-corrected chi connectivity index (χ1v) is 8.86. The van der Waals surface area contributed by atoms with Crippen LogP contribution in [-0.2, 0) is 9.53 Å². The summed E-state index contributed by atoms with van der Waals surface area (Å²) in [6, 6.07) is 0. The number of carbonyl (C=O) groups is 1. The molecule has 2 rings (SSSR count). The zero-order chi connectivity index (χ0) is 16.3. The van der Waals surface area contributed by atoms with Gasteiger partial charge in [0.05, 0.1) is 11.7 Å². The van der Waals surface area contributed by atoms with Crippen molar-refractivity contribution < 1.29 is 9.53 Å². The Bertz CT molecular complexity index is 472. The van der Waals surface area contributed by atoms with E-state index in [9.17, 15) is 4.79 Å². The van der Waals surface area contributed by atoms with Crippen LogP contribution in [0.2, 0.25) is 0 Å². The summed E-state index contributed by atoms with van der Waals surface area (Å²) in [5.41, 5.74) is 2.72. The number of hydrogen-bond acceptors (Lipinski definition) is 2. The standard InChI is InChI=1S/C20H32O2/c1-14(2)17-8-6-15(3)12-18(21)13-16(4)7-9-19-20(5,22-19)11-10-17/h6,8,14,16,19H,7,9-13H2,1-5H3/b15-6+,17-8+/t16?,19-,20-/m1/s1. The molecule has 2 nitrogen and oxygen atoms in total. The second-order valence-corrected chi connectivity index (χ2v) is 7.93. The molecule has 0 aromatic heterocycles. The van der Waals surface area contributed by atoms with Crippen LogP contribution in [-0.4, -0.2) is 17.5 Å². The van der Waals surface area contributed by atoms with Crippen LogP contribution in [0.5, 0.6) is 0 Å². The maximum atomic E-state index is 12.2. The van der Waals surface area contributed by atoms with Crippen molar-refractivity contribution in [2.45, 2.75) is 84.8 Å². The van der Waals surface area contributed by atoms with Crippen molar-refractivity contribution in [2.75, 3.05) is 0 Å². The van der Waals surface area contributed by atoms with Crippen LogP contribution in [0.1, 0.15) is 73.1 Å². The SMILES string of the molecule is C/C1=C\C=C(\C(C)C)CC[C@@]2(C)O[C@@H]2CCC(C)CC(=O)C1. The van der Waals surface area contributed by atoms with Crippen molar-refractivity contribution in [3.05, 3.63) is 23.3 Å². The first-order chi connectivity index (χ1) is 10.3. The second kappa shape index (κ2) is 7.12. The average molecular weight is 304 g/mol. The number of epoxide rings is 1. The molecule has 0 saturated carbocycles. The summed E-state index contributed by atoms with van der Waals surface area (Å²) >= 11 is 0. The van der Waals surface area contributed by atoms with Crippen LogP contribution < -0.4 is 0 Å². The molecule has 0 bridgehead atoms. The van der Waals surface area contributed by atoms with Gasteiger partial charge in [-0.3, -0.25) is 4.79 Å². The third kappa shape index (κ3) is 4.81. The van der Waals surface area contributed by atoms with Crippen molar-refractivity contribution in [1.82, 2.24) is 0 Å². The Hall–Kier alpha value is -0.890. The van der Waals surface area contributed by atoms with E-state index in [0.29, 0.717) is 36.6 Å². The Kier molecular flexibility index (Phi) is 5.65. The first-order valence-electron chi connectivity index (χ1n) is 8.86. The molecule has 0 spiro atoms. The highest BCUT2D eigenvalue weighted by molar-refractivity contribution is 5.80. The zero-order valence-electron chi connectivity index (χ0n) is 14.9. The molecule has 0 N–H and O–H groups in total. The van der Waals surface area contributed by atoms with E-state index in [2.05, 4.69) is 46.8 Å². The summed E-state index contributed by atoms with van der Waals surface area (Å²) < 4.78 is 5.98. The molecule has 124 valence electrons. The fourth-order valence-corrected chi connectivity index (χ4v) is 3.45. The molecule has 1 heterocycles. The van der Waals surface area contributed by atoms with Gasteiger partial charge in [-0.05, 0) is 51.4 Å². The van der Waals surface area contributed by atoms with Gasteiger partial charge in [-0.25, -0.2) is 0 Å². The lowest BCUT2D eigenvalue weighted by molar-refractivity contribution is -0.119. The Balaban J connectivity index is 2.14. The molecular weight excluding hydrogens is 272 g/mol. The van der Waals surface area contributed by atoms with Crippen LogP contribution in [0, 0.1) is 11.8 Å². The summed E-state index contributed by atoms with van der Waals surface area (Å²) in [6.45, 7) is 11.0. The van der Waals surface area contributed by atoms with E-state index in [1.165, 1.54) is 11.1 Å². The Morgan fingerprint density at radius 3 is 2.68 bits per heavy atom. The first kappa shape index (κ1) is 17.5. The van der Waals surface area contributed by atoms with Gasteiger partial charge in [-0.15, -0.1) is 0 Å². The zero-order valence-corrected chi connectivity index (χ0v) is 14.9. The highest BCUT2D eigenvalue weighted by Crippen LogP contribution is 2.44. The predicted octanol–water partition coefficient (Wildman–Crippen LogP) is 5.23. The molecule has 1 unspecified atom stereocenters. The van der Waals surface area contributed by atoms with E-state index in [-0.39, 0.29) is 5.60 Å². The maximum Gasteiger partial charge on any atom is 0.137 e. The third-order valence-corrected chi connectivity index (χ3v) is 5.24. The van der Waals surface area contributed by atoms with Gasteiger partial charge in [0.1, 0.15) is 5.78 Å². The van der Waals surface area contributed by atoms with Crippen LogP contribution in [0.15, 0.2) is 23.3 Å². The molecule has 2 heteroatoms. The van der Waals surface area contributed by atoms with E-state index in [1.54, 1.807) is 0 Å². The van der Waals surface area contributed by atoms with Gasteiger partial charge >= 0.3 is 0 Å². The number of allylic oxidation sites excluding steroid dienone is 4. The van der Waals surface area contributed by atoms with Crippen LogP contribution in [0.25, 0.3) is 0 Å². The summed E-state index contributed by atoms with van der Waals surface area (Å²) in [5, 5.41) is 0. The van der Waals surface area contributed by atoms with Gasteiger partial charge in [0, 0.05) is 12.8 Å². The van der Waals surface area contributed by atoms with E-state index < -0.39 is 0 Å². The molecule has 22 heavy (non-hydrogen) atoms. The number of ether oxygens (including phenoxy) is 1. The molecule has 1 fully saturated rings. The van der Waals surface area contributed by atoms with E-state index >= 15 is 0 Å². The third-order valence-electron chi connectivity index (χ3n) is 5.24. The number of fused-ring (bicyclic) bond motifs is 1. The Labute approximate surface area is 136 Å². The largest absolute Gasteiger partial charge is 0.366 e. The molecule has 1 aliphatic carbocycles. The molecule has 0 aromatic carbocycles. The predicted molar refractivity (Wildman–Crippen MR) is 91.8 cm³/mol. The van der Waals surface area contributed by atoms with Crippen LogP contribution in [0.3, 0.4) is 0 Å². The van der Waals surface area contributed by atoms with Gasteiger partial charge in [-0.1, -0.05) is 44.1 Å². The lowest BCUT2D eigenvalue weighted by Crippen LogP contribution is -2.13. The van der Waals surface area contributed by atoms with Gasteiger partial charge < -0.3 is 4.74 Å². The minimum Gasteiger partial charge on any atom is -0.366 e. The van der Waals surface area contributed by atoms with Crippen molar-refractivity contribution in [1.29, 1.82) is 0 Å². The van der Waals surface area contributed by atoms with Crippen molar-refractivity contribution in [2.24, 2.45) is 11.8 Å². The lowest BCUT2D eigenvalue weighted by Gasteiger charge is -2.15. The van der Waals surface area contributed by atoms with Crippen LogP contribution in [0.4, 0.5) is 0 Å². The molecule has 0 radical (unpaired) electrons. The van der Waals surface area contributed by atoms with Crippen LogP contribution >= 0.6 is 0 Å². The molecule has 1 saturated heterocycles. The van der Waals surface area contributed by atoms with E-state index in [0.717, 1.165) is 25.7 Å². The quantitative estimate of drug-likeness (QED) is 0.621. The summed E-state index contributed by atoms with van der Waals surface area (Å²) in [6.07, 6.45) is 10.5. The fourth-order valence-electron chi connectivity index (χ4n) is 3.45. The van der Waals surface area contributed by atoms with Gasteiger partial charge in [0.15, 0.2) is 0 Å². The Morgan fingerprint density at radius 1 is 1.27 bits per heavy atom. The minimum atomic E-state index is 0.0700. The van der Waals surface area contributed by atoms with Gasteiger partial charge in [0.25, 0.3) is 0 Å². The summed E-state index contributed by atoms with van der Waals surface area (Å²) in [4.78, 5) is 12.2. The highest BCUT2D eigenvalue weighted by atomic mass is 16.6. The second-order valence-electron chi connectivity index (χ2n) is 7.93. The number of ketones is 1. The summed E-state index contributed by atoms with van der Waals surface area (Å²) in [5.74, 6) is 1.39. The molecule has 2 aliphatic rings. The molecule has 1 aliphatic heterocycles. The van der Waals surface area contributed by atoms with Crippen molar-refractivity contribution in [3.63, 3.8) is 0 Å². The molecule has 0 amide bonds. The molecule has 0 aromatic rings. The highest BCUT2D eigenvalue weighted by Gasteiger charge is 2.50. The smallest absolute Gasteiger partial charge is 0.137 e.